The van der Waals surface area contributed by atoms with Crippen LogP contribution in [-0.4, -0.2) is 26.7 Å². The van der Waals surface area contributed by atoms with Gasteiger partial charge in [0.15, 0.2) is 0 Å². The van der Waals surface area contributed by atoms with E-state index in [9.17, 15) is 20.0 Å². The van der Waals surface area contributed by atoms with E-state index in [1.807, 2.05) is 93.9 Å². The number of hydrazone groups is 1. The highest BCUT2D eigenvalue weighted by Gasteiger charge is 2.19. The summed E-state index contributed by atoms with van der Waals surface area (Å²) in [7, 11) is 0. The van der Waals surface area contributed by atoms with Gasteiger partial charge in [0.2, 0.25) is 0 Å². The second kappa shape index (κ2) is 11.3. The van der Waals surface area contributed by atoms with Gasteiger partial charge in [0.1, 0.15) is 5.75 Å². The summed E-state index contributed by atoms with van der Waals surface area (Å²) < 4.78 is 2.66. The number of hydrogen-bond donors (Lipinski definition) is 2. The molecule has 4 aromatic carbocycles. The summed E-state index contributed by atoms with van der Waals surface area (Å²) >= 11 is 1.98. The molecule has 2 N–H and O–H groups in total. The maximum Gasteiger partial charge on any atom is 0.271 e. The molecule has 0 saturated heterocycles. The highest BCUT2D eigenvalue weighted by molar-refractivity contribution is 14.1. The summed E-state index contributed by atoms with van der Waals surface area (Å²) in [5, 5.41) is 25.4. The smallest absolute Gasteiger partial charge is 0.271 e. The second-order valence-electron chi connectivity index (χ2n) is 8.54. The Morgan fingerprint density at radius 3 is 2.15 bits per heavy atom. The molecule has 0 radical (unpaired) electrons. The van der Waals surface area contributed by atoms with E-state index in [-0.39, 0.29) is 17.0 Å². The molecule has 0 bridgehead atoms. The molecule has 1 amide bonds. The van der Waals surface area contributed by atoms with Crippen molar-refractivity contribution in [3.05, 3.63) is 134 Å². The van der Waals surface area contributed by atoms with Gasteiger partial charge in [-0.2, -0.15) is 5.10 Å². The first-order valence-electron chi connectivity index (χ1n) is 11.9. The third-order valence-corrected chi connectivity index (χ3v) is 6.96. The lowest BCUT2D eigenvalue weighted by Crippen LogP contribution is -2.17. The van der Waals surface area contributed by atoms with Crippen LogP contribution in [0.1, 0.15) is 15.9 Å². The van der Waals surface area contributed by atoms with E-state index in [0.717, 1.165) is 33.8 Å². The number of nitrogens with zero attached hydrogens (tertiary/aromatic N) is 3. The lowest BCUT2D eigenvalue weighted by molar-refractivity contribution is -0.384. The van der Waals surface area contributed by atoms with E-state index < -0.39 is 10.8 Å². The first kappa shape index (κ1) is 25.9. The van der Waals surface area contributed by atoms with Crippen LogP contribution in [0.5, 0.6) is 5.75 Å². The SMILES string of the molecule is O=C(N/N=C\c1cc(-c2ccccc2)n(-c2ccc([N+](=O)[O-])cc2)c1-c1ccccc1)c1ccc(I)c(O)c1. The number of hydrogen-bond acceptors (Lipinski definition) is 5. The van der Waals surface area contributed by atoms with Crippen molar-refractivity contribution in [1.82, 2.24) is 9.99 Å². The molecule has 0 saturated carbocycles. The molecule has 0 fully saturated rings. The number of aromatic nitrogens is 1. The highest BCUT2D eigenvalue weighted by atomic mass is 127. The molecule has 1 heterocycles. The third-order valence-electron chi connectivity index (χ3n) is 6.04. The average Bonchev–Trinajstić information content (AvgIpc) is 3.34. The summed E-state index contributed by atoms with van der Waals surface area (Å²) in [6.07, 6.45) is 1.57. The molecule has 192 valence electrons. The minimum absolute atomic E-state index is 0.000405. The fraction of sp³-hybridized carbons (Fsp3) is 0. The Labute approximate surface area is 237 Å². The number of benzene rings is 4. The lowest BCUT2D eigenvalue weighted by Gasteiger charge is -2.15. The van der Waals surface area contributed by atoms with Gasteiger partial charge in [-0.15, -0.1) is 0 Å². The van der Waals surface area contributed by atoms with Gasteiger partial charge in [-0.25, -0.2) is 5.43 Å². The Morgan fingerprint density at radius 2 is 1.54 bits per heavy atom. The van der Waals surface area contributed by atoms with Gasteiger partial charge in [-0.05, 0) is 70.1 Å². The van der Waals surface area contributed by atoms with Crippen LogP contribution >= 0.6 is 22.6 Å². The first-order chi connectivity index (χ1) is 18.9. The van der Waals surface area contributed by atoms with Gasteiger partial charge in [0.25, 0.3) is 11.6 Å². The molecule has 8 nitrogen and oxygen atoms in total. The quantitative estimate of drug-likeness (QED) is 0.0895. The van der Waals surface area contributed by atoms with Gasteiger partial charge < -0.3 is 9.67 Å². The van der Waals surface area contributed by atoms with Crippen molar-refractivity contribution in [2.75, 3.05) is 0 Å². The van der Waals surface area contributed by atoms with Crippen molar-refractivity contribution in [1.29, 1.82) is 0 Å². The van der Waals surface area contributed by atoms with Crippen molar-refractivity contribution < 1.29 is 14.8 Å². The molecule has 0 atom stereocenters. The number of rotatable bonds is 7. The summed E-state index contributed by atoms with van der Waals surface area (Å²) in [6, 6.07) is 32.5. The van der Waals surface area contributed by atoms with Crippen molar-refractivity contribution >= 4 is 40.4 Å². The zero-order valence-corrected chi connectivity index (χ0v) is 22.5. The van der Waals surface area contributed by atoms with Gasteiger partial charge >= 0.3 is 0 Å². The predicted octanol–water partition coefficient (Wildman–Crippen LogP) is 6.79. The van der Waals surface area contributed by atoms with Crippen molar-refractivity contribution in [2.45, 2.75) is 0 Å². The largest absolute Gasteiger partial charge is 0.507 e. The number of nitro benzene ring substituents is 1. The molecule has 1 aromatic heterocycles. The molecule has 9 heteroatoms. The minimum Gasteiger partial charge on any atom is -0.507 e. The number of halogens is 1. The maximum atomic E-state index is 12.7. The van der Waals surface area contributed by atoms with Crippen molar-refractivity contribution in [2.24, 2.45) is 5.10 Å². The molecule has 0 spiro atoms. The topological polar surface area (TPSA) is 110 Å². The number of aromatic hydroxyl groups is 1. The normalized spacial score (nSPS) is 11.0. The van der Waals surface area contributed by atoms with Crippen molar-refractivity contribution in [3.63, 3.8) is 0 Å². The summed E-state index contributed by atoms with van der Waals surface area (Å²) in [6.45, 7) is 0. The Kier molecular flexibility index (Phi) is 7.50. The molecule has 39 heavy (non-hydrogen) atoms. The number of nitrogens with one attached hydrogen (secondary N) is 1. The van der Waals surface area contributed by atoms with Crippen LogP contribution in [-0.2, 0) is 0 Å². The van der Waals surface area contributed by atoms with E-state index in [1.165, 1.54) is 18.2 Å². The zero-order valence-electron chi connectivity index (χ0n) is 20.4. The van der Waals surface area contributed by atoms with Crippen molar-refractivity contribution in [3.8, 4) is 34.0 Å². The number of amides is 1. The Bertz CT molecular complexity index is 1680. The monoisotopic (exact) mass is 628 g/mol. The average molecular weight is 628 g/mol. The van der Waals surface area contributed by atoms with Crippen LogP contribution in [0.25, 0.3) is 28.2 Å². The Balaban J connectivity index is 1.62. The van der Waals surface area contributed by atoms with Gasteiger partial charge in [-0.3, -0.25) is 14.9 Å². The first-order valence-corrected chi connectivity index (χ1v) is 12.9. The van der Waals surface area contributed by atoms with Crippen LogP contribution < -0.4 is 5.43 Å². The second-order valence-corrected chi connectivity index (χ2v) is 9.70. The van der Waals surface area contributed by atoms with Gasteiger partial charge in [0, 0.05) is 28.9 Å². The molecule has 0 unspecified atom stereocenters. The number of phenolic OH excluding ortho intramolecular Hbond substituents is 1. The van der Waals surface area contributed by atoms with Crippen LogP contribution in [0.15, 0.2) is 114 Å². The molecular formula is C30H21IN4O4. The molecular weight excluding hydrogens is 607 g/mol. The van der Waals surface area contributed by atoms with Gasteiger partial charge in [-0.1, -0.05) is 60.7 Å². The number of nitro groups is 1. The summed E-state index contributed by atoms with van der Waals surface area (Å²) in [5.74, 6) is -0.441. The van der Waals surface area contributed by atoms with Crippen LogP contribution in [0.3, 0.4) is 0 Å². The summed E-state index contributed by atoms with van der Waals surface area (Å²) in [4.78, 5) is 23.5. The fourth-order valence-corrected chi connectivity index (χ4v) is 4.55. The predicted molar refractivity (Wildman–Crippen MR) is 159 cm³/mol. The van der Waals surface area contributed by atoms with Crippen LogP contribution in [0, 0.1) is 13.7 Å². The number of carbonyl (C=O) groups is 1. The molecule has 0 aliphatic rings. The van der Waals surface area contributed by atoms with E-state index in [2.05, 4.69) is 10.5 Å². The van der Waals surface area contributed by atoms with E-state index in [0.29, 0.717) is 3.57 Å². The Morgan fingerprint density at radius 1 is 0.897 bits per heavy atom. The van der Waals surface area contributed by atoms with Crippen LogP contribution in [0.4, 0.5) is 5.69 Å². The minimum atomic E-state index is -0.461. The fourth-order valence-electron chi connectivity index (χ4n) is 4.21. The summed E-state index contributed by atoms with van der Waals surface area (Å²) in [5.41, 5.74) is 7.75. The lowest BCUT2D eigenvalue weighted by atomic mass is 10.1. The number of phenols is 1. The van der Waals surface area contributed by atoms with Gasteiger partial charge in [0.05, 0.1) is 26.1 Å². The Hall–Kier alpha value is -4.77. The highest BCUT2D eigenvalue weighted by Crippen LogP contribution is 2.35. The molecule has 5 rings (SSSR count). The van der Waals surface area contributed by atoms with E-state index in [1.54, 1.807) is 30.5 Å². The zero-order chi connectivity index (χ0) is 27.4. The molecule has 0 aliphatic carbocycles. The van der Waals surface area contributed by atoms with E-state index in [4.69, 9.17) is 0 Å². The number of non-ortho nitro benzene ring substituents is 1. The standard InChI is InChI=1S/C30H21IN4O4/c31-26-16-11-22(18-28(26)36)30(37)33-32-19-23-17-27(20-7-3-1-4-8-20)34(29(23)21-9-5-2-6-10-21)24-12-14-25(15-13-24)35(38)39/h1-19,36H,(H,33,37)/b32-19-. The molecule has 0 aliphatic heterocycles. The molecule has 5 aromatic rings. The maximum absolute atomic E-state index is 12.7. The number of carbonyl (C=O) groups excluding carboxylic acids is 1. The third kappa shape index (κ3) is 5.58. The van der Waals surface area contributed by atoms with Crippen LogP contribution in [0.2, 0.25) is 0 Å². The van der Waals surface area contributed by atoms with E-state index >= 15 is 0 Å².